The Morgan fingerprint density at radius 1 is 1.48 bits per heavy atom. The molecule has 1 aliphatic rings. The lowest BCUT2D eigenvalue weighted by Crippen LogP contribution is -2.41. The number of nitrogens with two attached hydrogens (primary N) is 1. The van der Waals surface area contributed by atoms with Crippen LogP contribution in [0.25, 0.3) is 0 Å². The van der Waals surface area contributed by atoms with E-state index in [1.54, 1.807) is 12.1 Å². The van der Waals surface area contributed by atoms with Gasteiger partial charge in [-0.25, -0.2) is 8.42 Å². The topological polar surface area (TPSA) is 86.9 Å². The van der Waals surface area contributed by atoms with Gasteiger partial charge in [-0.3, -0.25) is 0 Å². The molecule has 2 rings (SSSR count). The molecule has 1 aromatic rings. The maximum absolute atomic E-state index is 12.8. The molecule has 1 heterocycles. The molecule has 1 aromatic carbocycles. The number of hydrogen-bond acceptors (Lipinski definition) is 5. The van der Waals surface area contributed by atoms with Crippen LogP contribution in [0.15, 0.2) is 27.6 Å². The van der Waals surface area contributed by atoms with E-state index in [1.807, 2.05) is 19.0 Å². The second-order valence-corrected chi connectivity index (χ2v) is 8.34. The van der Waals surface area contributed by atoms with E-state index in [9.17, 15) is 13.5 Å². The van der Waals surface area contributed by atoms with Gasteiger partial charge in [0.15, 0.2) is 0 Å². The predicted octanol–water partition coefficient (Wildman–Crippen LogP) is 0.717. The molecule has 8 heteroatoms. The van der Waals surface area contributed by atoms with E-state index >= 15 is 0 Å². The fourth-order valence-corrected chi connectivity index (χ4v) is 4.92. The molecule has 2 atom stereocenters. The van der Waals surface area contributed by atoms with E-state index in [-0.39, 0.29) is 23.2 Å². The molecule has 21 heavy (non-hydrogen) atoms. The lowest BCUT2D eigenvalue weighted by Gasteiger charge is -2.26. The number of hydrogen-bond donors (Lipinski definition) is 2. The van der Waals surface area contributed by atoms with Gasteiger partial charge in [0.2, 0.25) is 10.0 Å². The second-order valence-electron chi connectivity index (χ2n) is 5.56. The number of anilines is 1. The van der Waals surface area contributed by atoms with E-state index in [1.165, 1.54) is 10.4 Å². The zero-order chi connectivity index (χ0) is 15.8. The lowest BCUT2D eigenvalue weighted by molar-refractivity contribution is 0.188. The van der Waals surface area contributed by atoms with Crippen molar-refractivity contribution in [2.24, 2.45) is 0 Å². The van der Waals surface area contributed by atoms with Crippen LogP contribution in [0.1, 0.15) is 6.42 Å². The molecular weight excluding hydrogens is 358 g/mol. The summed E-state index contributed by atoms with van der Waals surface area (Å²) in [5, 5.41) is 9.85. The Hall–Kier alpha value is -0.670. The van der Waals surface area contributed by atoms with Crippen LogP contribution < -0.4 is 5.73 Å². The summed E-state index contributed by atoms with van der Waals surface area (Å²) in [5.41, 5.74) is 6.04. The van der Waals surface area contributed by atoms with Crippen LogP contribution in [0, 0.1) is 0 Å². The highest BCUT2D eigenvalue weighted by Gasteiger charge is 2.40. The van der Waals surface area contributed by atoms with Crippen LogP contribution in [0.4, 0.5) is 5.69 Å². The van der Waals surface area contributed by atoms with Crippen LogP contribution in [0.5, 0.6) is 0 Å². The van der Waals surface area contributed by atoms with Crippen molar-refractivity contribution >= 4 is 31.6 Å². The molecule has 0 bridgehead atoms. The Balaban J connectivity index is 2.39. The van der Waals surface area contributed by atoms with Crippen molar-refractivity contribution in [1.29, 1.82) is 0 Å². The molecular formula is C13H20BrN3O3S. The van der Waals surface area contributed by atoms with Crippen LogP contribution >= 0.6 is 15.9 Å². The summed E-state index contributed by atoms with van der Waals surface area (Å²) in [6.45, 7) is 0.664. The number of rotatable bonds is 4. The first-order chi connectivity index (χ1) is 9.71. The minimum Gasteiger partial charge on any atom is -0.398 e. The van der Waals surface area contributed by atoms with Gasteiger partial charge in [-0.15, -0.1) is 0 Å². The number of sulfonamides is 1. The summed E-state index contributed by atoms with van der Waals surface area (Å²) in [6, 6.07) is 4.51. The average molecular weight is 378 g/mol. The quantitative estimate of drug-likeness (QED) is 0.754. The normalized spacial score (nSPS) is 23.9. The van der Waals surface area contributed by atoms with Gasteiger partial charge >= 0.3 is 0 Å². The van der Waals surface area contributed by atoms with E-state index < -0.39 is 16.1 Å². The van der Waals surface area contributed by atoms with Crippen molar-refractivity contribution in [2.45, 2.75) is 23.5 Å². The first-order valence-corrected chi connectivity index (χ1v) is 8.85. The van der Waals surface area contributed by atoms with Crippen LogP contribution in [0.2, 0.25) is 0 Å². The predicted molar refractivity (Wildman–Crippen MR) is 85.4 cm³/mol. The molecule has 2 unspecified atom stereocenters. The Labute approximate surface area is 133 Å². The number of nitrogen functional groups attached to an aromatic ring is 1. The molecule has 0 saturated carbocycles. The third-order valence-corrected chi connectivity index (χ3v) is 5.95. The largest absolute Gasteiger partial charge is 0.398 e. The van der Waals surface area contributed by atoms with Crippen LogP contribution in [0.3, 0.4) is 0 Å². The zero-order valence-electron chi connectivity index (χ0n) is 12.0. The first-order valence-electron chi connectivity index (χ1n) is 6.61. The molecule has 1 aliphatic heterocycles. The van der Waals surface area contributed by atoms with Crippen molar-refractivity contribution < 1.29 is 13.5 Å². The Morgan fingerprint density at radius 3 is 2.76 bits per heavy atom. The number of halogens is 1. The standard InChI is InChI=1S/C13H20BrN3O3S/c1-16(2)7-10-6-11(18)8-17(10)21(19,20)13-5-9(14)3-4-12(13)15/h3-5,10-11,18H,6-8,15H2,1-2H3. The Kier molecular flexibility index (Phi) is 4.94. The smallest absolute Gasteiger partial charge is 0.245 e. The van der Waals surface area contributed by atoms with Crippen molar-refractivity contribution in [1.82, 2.24) is 9.21 Å². The summed E-state index contributed by atoms with van der Waals surface area (Å²) >= 11 is 3.27. The third kappa shape index (κ3) is 3.57. The summed E-state index contributed by atoms with van der Waals surface area (Å²) in [4.78, 5) is 1.99. The molecule has 0 aliphatic carbocycles. The monoisotopic (exact) mass is 377 g/mol. The van der Waals surface area contributed by atoms with Crippen molar-refractivity contribution in [3.05, 3.63) is 22.7 Å². The highest BCUT2D eigenvalue weighted by Crippen LogP contribution is 2.31. The van der Waals surface area contributed by atoms with Crippen LogP contribution in [-0.2, 0) is 10.0 Å². The minimum absolute atomic E-state index is 0.0785. The van der Waals surface area contributed by atoms with Gasteiger partial charge in [-0.05, 0) is 38.7 Å². The van der Waals surface area contributed by atoms with Gasteiger partial charge in [0.1, 0.15) is 4.90 Å². The molecule has 0 radical (unpaired) electrons. The van der Waals surface area contributed by atoms with E-state index in [4.69, 9.17) is 5.73 Å². The number of benzene rings is 1. The van der Waals surface area contributed by atoms with Crippen molar-refractivity contribution in [3.63, 3.8) is 0 Å². The van der Waals surface area contributed by atoms with Gasteiger partial charge in [-0.2, -0.15) is 4.31 Å². The highest BCUT2D eigenvalue weighted by molar-refractivity contribution is 9.10. The first kappa shape index (κ1) is 16.7. The van der Waals surface area contributed by atoms with Crippen molar-refractivity contribution in [3.8, 4) is 0 Å². The highest BCUT2D eigenvalue weighted by atomic mass is 79.9. The van der Waals surface area contributed by atoms with Gasteiger partial charge in [0, 0.05) is 23.6 Å². The molecule has 1 fully saturated rings. The van der Waals surface area contributed by atoms with Gasteiger partial charge in [0.25, 0.3) is 0 Å². The SMILES string of the molecule is CN(C)CC1CC(O)CN1S(=O)(=O)c1cc(Br)ccc1N. The summed E-state index contributed by atoms with van der Waals surface area (Å²) < 4.78 is 27.7. The number of β-amino-alcohol motifs (C(OH)–C–C–N with tert-alkyl or cyclic N) is 1. The average Bonchev–Trinajstić information content (AvgIpc) is 2.73. The fraction of sp³-hybridized carbons (Fsp3) is 0.538. The summed E-state index contributed by atoms with van der Waals surface area (Å²) in [5.74, 6) is 0. The van der Waals surface area contributed by atoms with E-state index in [0.29, 0.717) is 17.4 Å². The number of aliphatic hydroxyl groups excluding tert-OH is 1. The molecule has 0 spiro atoms. The molecule has 1 saturated heterocycles. The Bertz CT molecular complexity index is 621. The molecule has 0 aromatic heterocycles. The number of nitrogens with zero attached hydrogens (tertiary/aromatic N) is 2. The lowest BCUT2D eigenvalue weighted by atomic mass is 10.2. The second kappa shape index (κ2) is 6.21. The fourth-order valence-electron chi connectivity index (χ4n) is 2.60. The van der Waals surface area contributed by atoms with E-state index in [0.717, 1.165) is 0 Å². The molecule has 6 nitrogen and oxygen atoms in total. The zero-order valence-corrected chi connectivity index (χ0v) is 14.4. The van der Waals surface area contributed by atoms with Gasteiger partial charge in [-0.1, -0.05) is 15.9 Å². The maximum Gasteiger partial charge on any atom is 0.245 e. The molecule has 3 N–H and O–H groups in total. The number of likely N-dealkylation sites (N-methyl/N-ethyl adjacent to an activating group) is 1. The third-order valence-electron chi connectivity index (χ3n) is 3.48. The summed E-state index contributed by atoms with van der Waals surface area (Å²) in [6.07, 6.45) is -0.205. The van der Waals surface area contributed by atoms with Gasteiger partial charge < -0.3 is 15.7 Å². The van der Waals surface area contributed by atoms with Crippen molar-refractivity contribution in [2.75, 3.05) is 32.9 Å². The Morgan fingerprint density at radius 2 is 2.14 bits per heavy atom. The van der Waals surface area contributed by atoms with Gasteiger partial charge in [0.05, 0.1) is 11.8 Å². The maximum atomic E-state index is 12.8. The minimum atomic E-state index is -3.73. The van der Waals surface area contributed by atoms with E-state index in [2.05, 4.69) is 15.9 Å². The molecule has 0 amide bonds. The molecule has 118 valence electrons. The number of aliphatic hydroxyl groups is 1. The summed E-state index contributed by atoms with van der Waals surface area (Å²) in [7, 11) is 0.0280. The van der Waals surface area contributed by atoms with Crippen LogP contribution in [-0.4, -0.2) is 62.1 Å².